The van der Waals surface area contributed by atoms with Crippen molar-refractivity contribution in [1.82, 2.24) is 9.88 Å². The third-order valence-electron chi connectivity index (χ3n) is 4.41. The van der Waals surface area contributed by atoms with Crippen LogP contribution >= 0.6 is 11.3 Å². The zero-order valence-electron chi connectivity index (χ0n) is 14.8. The molecule has 0 radical (unpaired) electrons. The second-order valence-electron chi connectivity index (χ2n) is 7.03. The topological polar surface area (TPSA) is 88.4 Å². The molecule has 3 rings (SSSR count). The Bertz CT molecular complexity index is 797. The summed E-state index contributed by atoms with van der Waals surface area (Å²) in [6.07, 6.45) is 1.21. The van der Waals surface area contributed by atoms with E-state index >= 15 is 0 Å². The fourth-order valence-electron chi connectivity index (χ4n) is 3.53. The molecule has 1 fully saturated rings. The van der Waals surface area contributed by atoms with Crippen molar-refractivity contribution in [2.24, 2.45) is 11.8 Å². The molecular formula is C18H22N4O3S. The Labute approximate surface area is 156 Å². The summed E-state index contributed by atoms with van der Waals surface area (Å²) in [4.78, 5) is 29.3. The Morgan fingerprint density at radius 3 is 2.81 bits per heavy atom. The highest BCUT2D eigenvalue weighted by molar-refractivity contribution is 7.14. The predicted octanol–water partition coefficient (Wildman–Crippen LogP) is 3.63. The van der Waals surface area contributed by atoms with Crippen molar-refractivity contribution in [3.8, 4) is 11.3 Å². The number of nitro benzene ring substituents is 1. The number of carbonyl (C=O) groups excluding carboxylic acids is 1. The number of non-ortho nitro benzene ring substituents is 1. The van der Waals surface area contributed by atoms with Crippen LogP contribution in [0, 0.1) is 22.0 Å². The molecule has 8 heteroatoms. The van der Waals surface area contributed by atoms with Crippen molar-refractivity contribution in [2.45, 2.75) is 20.3 Å². The first kappa shape index (κ1) is 18.5. The van der Waals surface area contributed by atoms with Gasteiger partial charge in [0.15, 0.2) is 5.13 Å². The van der Waals surface area contributed by atoms with E-state index in [0.717, 1.165) is 13.1 Å². The monoisotopic (exact) mass is 374 g/mol. The number of anilines is 1. The van der Waals surface area contributed by atoms with Crippen LogP contribution in [0.4, 0.5) is 10.8 Å². The minimum absolute atomic E-state index is 0.0226. The van der Waals surface area contributed by atoms with Crippen LogP contribution in [0.25, 0.3) is 11.3 Å². The van der Waals surface area contributed by atoms with Gasteiger partial charge < -0.3 is 5.32 Å². The molecule has 138 valence electrons. The fourth-order valence-corrected chi connectivity index (χ4v) is 4.26. The molecule has 1 aromatic heterocycles. The van der Waals surface area contributed by atoms with E-state index in [4.69, 9.17) is 0 Å². The van der Waals surface area contributed by atoms with Gasteiger partial charge in [0.2, 0.25) is 5.91 Å². The van der Waals surface area contributed by atoms with Crippen LogP contribution in [0.3, 0.4) is 0 Å². The predicted molar refractivity (Wildman–Crippen MR) is 102 cm³/mol. The third-order valence-corrected chi connectivity index (χ3v) is 5.17. The number of nitrogens with zero attached hydrogens (tertiary/aromatic N) is 3. The summed E-state index contributed by atoms with van der Waals surface area (Å²) < 4.78 is 0. The Morgan fingerprint density at radius 2 is 2.12 bits per heavy atom. The van der Waals surface area contributed by atoms with Gasteiger partial charge in [-0.1, -0.05) is 26.0 Å². The fraction of sp³-hybridized carbons (Fsp3) is 0.444. The highest BCUT2D eigenvalue weighted by Crippen LogP contribution is 2.27. The van der Waals surface area contributed by atoms with Crippen LogP contribution in [-0.2, 0) is 4.79 Å². The summed E-state index contributed by atoms with van der Waals surface area (Å²) in [5.74, 6) is 1.13. The van der Waals surface area contributed by atoms with Crippen molar-refractivity contribution in [2.75, 3.05) is 25.0 Å². The van der Waals surface area contributed by atoms with E-state index in [9.17, 15) is 14.9 Å². The van der Waals surface area contributed by atoms with Crippen LogP contribution in [0.1, 0.15) is 20.3 Å². The number of rotatable bonds is 5. The molecule has 2 heterocycles. The van der Waals surface area contributed by atoms with E-state index in [1.807, 2.05) is 0 Å². The number of thiazole rings is 1. The van der Waals surface area contributed by atoms with E-state index in [2.05, 4.69) is 29.0 Å². The Kier molecular flexibility index (Phi) is 5.63. The first-order valence-corrected chi connectivity index (χ1v) is 9.51. The molecule has 1 N–H and O–H groups in total. The smallest absolute Gasteiger partial charge is 0.270 e. The van der Waals surface area contributed by atoms with Crippen molar-refractivity contribution >= 4 is 28.1 Å². The van der Waals surface area contributed by atoms with Gasteiger partial charge >= 0.3 is 0 Å². The molecule has 0 unspecified atom stereocenters. The Balaban J connectivity index is 1.62. The molecular weight excluding hydrogens is 352 g/mol. The lowest BCUT2D eigenvalue weighted by Gasteiger charge is -2.34. The highest BCUT2D eigenvalue weighted by atomic mass is 32.1. The molecule has 1 aliphatic heterocycles. The van der Waals surface area contributed by atoms with E-state index in [-0.39, 0.29) is 11.6 Å². The zero-order chi connectivity index (χ0) is 18.7. The van der Waals surface area contributed by atoms with E-state index in [0.29, 0.717) is 34.8 Å². The minimum Gasteiger partial charge on any atom is -0.301 e. The summed E-state index contributed by atoms with van der Waals surface area (Å²) in [6, 6.07) is 6.32. The standard InChI is InChI=1S/C18H22N4O3S/c1-12-6-13(2)9-21(8-12)10-17(23)20-18-19-16(11-26-18)14-4-3-5-15(7-14)22(24)25/h3-5,7,11-13H,6,8-10H2,1-2H3,(H,19,20,23)/t12-,13-/m0/s1. The van der Waals surface area contributed by atoms with Crippen LogP contribution in [-0.4, -0.2) is 40.3 Å². The number of hydrogen-bond donors (Lipinski definition) is 1. The van der Waals surface area contributed by atoms with Crippen LogP contribution in [0.5, 0.6) is 0 Å². The maximum Gasteiger partial charge on any atom is 0.270 e. The van der Waals surface area contributed by atoms with Gasteiger partial charge in [0, 0.05) is 36.2 Å². The summed E-state index contributed by atoms with van der Waals surface area (Å²) in [5, 5.41) is 16.0. The number of piperidine rings is 1. The van der Waals surface area contributed by atoms with Crippen molar-refractivity contribution in [1.29, 1.82) is 0 Å². The summed E-state index contributed by atoms with van der Waals surface area (Å²) >= 11 is 1.32. The molecule has 2 atom stereocenters. The van der Waals surface area contributed by atoms with E-state index in [1.54, 1.807) is 17.5 Å². The number of carbonyl (C=O) groups is 1. The van der Waals surface area contributed by atoms with Crippen LogP contribution in [0.2, 0.25) is 0 Å². The number of hydrogen-bond acceptors (Lipinski definition) is 6. The zero-order valence-corrected chi connectivity index (χ0v) is 15.7. The Hall–Kier alpha value is -2.32. The lowest BCUT2D eigenvalue weighted by atomic mass is 9.92. The second-order valence-corrected chi connectivity index (χ2v) is 7.89. The number of amides is 1. The van der Waals surface area contributed by atoms with E-state index < -0.39 is 4.92 Å². The van der Waals surface area contributed by atoms with Gasteiger partial charge in [0.1, 0.15) is 0 Å². The summed E-state index contributed by atoms with van der Waals surface area (Å²) in [6.45, 7) is 6.67. The van der Waals surface area contributed by atoms with Gasteiger partial charge in [-0.15, -0.1) is 11.3 Å². The third kappa shape index (κ3) is 4.64. The number of benzene rings is 1. The van der Waals surface area contributed by atoms with Gasteiger partial charge in [-0.05, 0) is 18.3 Å². The lowest BCUT2D eigenvalue weighted by molar-refractivity contribution is -0.384. The maximum atomic E-state index is 12.3. The summed E-state index contributed by atoms with van der Waals surface area (Å²) in [5.41, 5.74) is 1.30. The molecule has 2 aromatic rings. The van der Waals surface area contributed by atoms with Crippen molar-refractivity contribution in [3.05, 3.63) is 39.8 Å². The lowest BCUT2D eigenvalue weighted by Crippen LogP contribution is -2.42. The molecule has 7 nitrogen and oxygen atoms in total. The molecule has 0 aliphatic carbocycles. The number of aromatic nitrogens is 1. The quantitative estimate of drug-likeness (QED) is 0.638. The largest absolute Gasteiger partial charge is 0.301 e. The Morgan fingerprint density at radius 1 is 1.38 bits per heavy atom. The van der Waals surface area contributed by atoms with E-state index in [1.165, 1.54) is 29.9 Å². The van der Waals surface area contributed by atoms with Gasteiger partial charge in [-0.2, -0.15) is 0 Å². The number of nitro groups is 1. The highest BCUT2D eigenvalue weighted by Gasteiger charge is 2.23. The SMILES string of the molecule is C[C@H]1C[C@H](C)CN(CC(=O)Nc2nc(-c3cccc([N+](=O)[O-])c3)cs2)C1. The van der Waals surface area contributed by atoms with Gasteiger partial charge in [0.25, 0.3) is 5.69 Å². The normalized spacial score (nSPS) is 20.7. The molecule has 1 amide bonds. The van der Waals surface area contributed by atoms with Gasteiger partial charge in [-0.25, -0.2) is 4.98 Å². The average Bonchev–Trinajstić information content (AvgIpc) is 3.02. The molecule has 0 spiro atoms. The van der Waals surface area contributed by atoms with Gasteiger partial charge in [0.05, 0.1) is 17.2 Å². The first-order chi connectivity index (χ1) is 12.4. The molecule has 1 aromatic carbocycles. The molecule has 0 bridgehead atoms. The summed E-state index contributed by atoms with van der Waals surface area (Å²) in [7, 11) is 0. The van der Waals surface area contributed by atoms with Gasteiger partial charge in [-0.3, -0.25) is 19.8 Å². The molecule has 0 saturated carbocycles. The molecule has 26 heavy (non-hydrogen) atoms. The van der Waals surface area contributed by atoms with Crippen molar-refractivity contribution < 1.29 is 9.72 Å². The van der Waals surface area contributed by atoms with Crippen molar-refractivity contribution in [3.63, 3.8) is 0 Å². The average molecular weight is 374 g/mol. The number of likely N-dealkylation sites (tertiary alicyclic amines) is 1. The first-order valence-electron chi connectivity index (χ1n) is 8.63. The minimum atomic E-state index is -0.431. The van der Waals surface area contributed by atoms with Crippen LogP contribution in [0.15, 0.2) is 29.6 Å². The molecule has 1 aliphatic rings. The number of nitrogens with one attached hydrogen (secondary N) is 1. The van der Waals surface area contributed by atoms with Crippen LogP contribution < -0.4 is 5.32 Å². The maximum absolute atomic E-state index is 12.3. The second kappa shape index (κ2) is 7.92. The molecule has 1 saturated heterocycles.